The highest BCUT2D eigenvalue weighted by Crippen LogP contribution is 2.38. The third-order valence-electron chi connectivity index (χ3n) is 5.31. The Morgan fingerprint density at radius 3 is 3.03 bits per heavy atom. The molecule has 8 nitrogen and oxygen atoms in total. The molecule has 2 N–H and O–H groups in total. The molecule has 9 heteroatoms. The SMILES string of the molecule is N#Cc1c(NC(=O)C=Cc2ccoc2)sc2c1CCC(OC(=O)NCC1CCCO1)C2. The number of nitrogens with zero attached hydrogens (tertiary/aromatic N) is 1. The summed E-state index contributed by atoms with van der Waals surface area (Å²) in [5, 5.41) is 15.7. The number of fused-ring (bicyclic) bond motifs is 1. The van der Waals surface area contributed by atoms with Crippen LogP contribution in [0.15, 0.2) is 29.1 Å². The van der Waals surface area contributed by atoms with E-state index in [1.165, 1.54) is 29.9 Å². The summed E-state index contributed by atoms with van der Waals surface area (Å²) in [4.78, 5) is 25.3. The van der Waals surface area contributed by atoms with Crippen LogP contribution in [-0.4, -0.2) is 37.4 Å². The molecule has 4 rings (SSSR count). The topological polar surface area (TPSA) is 114 Å². The van der Waals surface area contributed by atoms with Gasteiger partial charge in [-0.25, -0.2) is 4.79 Å². The average Bonchev–Trinajstić information content (AvgIpc) is 3.51. The van der Waals surface area contributed by atoms with Gasteiger partial charge in [0.25, 0.3) is 0 Å². The van der Waals surface area contributed by atoms with Gasteiger partial charge in [0, 0.05) is 36.1 Å². The minimum Gasteiger partial charge on any atom is -0.472 e. The fourth-order valence-corrected chi connectivity index (χ4v) is 5.02. The number of anilines is 1. The molecule has 2 amide bonds. The first-order valence-corrected chi connectivity index (χ1v) is 11.1. The maximum atomic E-state index is 12.3. The van der Waals surface area contributed by atoms with Crippen molar-refractivity contribution in [3.63, 3.8) is 0 Å². The summed E-state index contributed by atoms with van der Waals surface area (Å²) in [7, 11) is 0. The first-order valence-electron chi connectivity index (χ1n) is 10.2. The number of furan rings is 1. The first kappa shape index (κ1) is 21.2. The van der Waals surface area contributed by atoms with Crippen molar-refractivity contribution in [3.8, 4) is 6.07 Å². The summed E-state index contributed by atoms with van der Waals surface area (Å²) >= 11 is 1.36. The molecule has 1 saturated heterocycles. The Balaban J connectivity index is 1.34. The molecule has 2 aromatic heterocycles. The third-order valence-corrected chi connectivity index (χ3v) is 6.48. The van der Waals surface area contributed by atoms with Crippen LogP contribution in [0.1, 0.15) is 40.8 Å². The second-order valence-electron chi connectivity index (χ2n) is 7.49. The van der Waals surface area contributed by atoms with Crippen molar-refractivity contribution in [1.82, 2.24) is 5.32 Å². The minimum atomic E-state index is -0.445. The van der Waals surface area contributed by atoms with Crippen LogP contribution in [0.4, 0.5) is 9.80 Å². The van der Waals surface area contributed by atoms with Gasteiger partial charge in [-0.3, -0.25) is 4.79 Å². The summed E-state index contributed by atoms with van der Waals surface area (Å²) in [6.45, 7) is 1.20. The van der Waals surface area contributed by atoms with Gasteiger partial charge in [0.05, 0.1) is 24.2 Å². The highest BCUT2D eigenvalue weighted by Gasteiger charge is 2.28. The number of hydrogen-bond acceptors (Lipinski definition) is 7. The number of rotatable bonds is 6. The molecule has 0 radical (unpaired) electrons. The summed E-state index contributed by atoms with van der Waals surface area (Å²) in [6.07, 6.45) is 9.22. The van der Waals surface area contributed by atoms with E-state index in [0.29, 0.717) is 36.4 Å². The quantitative estimate of drug-likeness (QED) is 0.662. The molecule has 0 bridgehead atoms. The number of alkyl carbamates (subject to hydrolysis) is 1. The zero-order chi connectivity index (χ0) is 21.6. The van der Waals surface area contributed by atoms with Crippen molar-refractivity contribution < 1.29 is 23.5 Å². The molecule has 2 atom stereocenters. The summed E-state index contributed by atoms with van der Waals surface area (Å²) in [6, 6.07) is 3.95. The van der Waals surface area contributed by atoms with Crippen LogP contribution in [0.3, 0.4) is 0 Å². The molecule has 1 aliphatic carbocycles. The van der Waals surface area contributed by atoms with Crippen LogP contribution in [0.5, 0.6) is 0 Å². The van der Waals surface area contributed by atoms with E-state index in [1.54, 1.807) is 12.1 Å². The normalized spacial score (nSPS) is 20.2. The molecule has 31 heavy (non-hydrogen) atoms. The molecule has 1 aliphatic heterocycles. The summed E-state index contributed by atoms with van der Waals surface area (Å²) in [5.41, 5.74) is 2.20. The zero-order valence-electron chi connectivity index (χ0n) is 16.9. The molecule has 0 saturated carbocycles. The van der Waals surface area contributed by atoms with Gasteiger partial charge in [0.1, 0.15) is 17.2 Å². The van der Waals surface area contributed by atoms with Gasteiger partial charge in [-0.15, -0.1) is 11.3 Å². The van der Waals surface area contributed by atoms with E-state index in [-0.39, 0.29) is 18.1 Å². The highest BCUT2D eigenvalue weighted by molar-refractivity contribution is 7.16. The van der Waals surface area contributed by atoms with Crippen molar-refractivity contribution in [2.24, 2.45) is 0 Å². The van der Waals surface area contributed by atoms with Crippen molar-refractivity contribution in [2.45, 2.75) is 44.3 Å². The standard InChI is InChI=1S/C22H23N3O5S/c23-11-18-17-5-4-15(30-22(27)24-12-16-2-1-8-29-16)10-19(17)31-21(18)25-20(26)6-3-14-7-9-28-13-14/h3,6-7,9,13,15-16H,1-2,4-5,8,10,12H2,(H,24,27)(H,25,26). The van der Waals surface area contributed by atoms with Gasteiger partial charge in [-0.2, -0.15) is 5.26 Å². The van der Waals surface area contributed by atoms with Crippen LogP contribution >= 0.6 is 11.3 Å². The molecule has 2 aliphatic rings. The monoisotopic (exact) mass is 441 g/mol. The minimum absolute atomic E-state index is 0.0646. The number of ether oxygens (including phenoxy) is 2. The summed E-state index contributed by atoms with van der Waals surface area (Å²) in [5.74, 6) is -0.322. The predicted octanol–water partition coefficient (Wildman–Crippen LogP) is 3.63. The Morgan fingerprint density at radius 2 is 2.29 bits per heavy atom. The maximum absolute atomic E-state index is 12.3. The molecule has 162 valence electrons. The Bertz CT molecular complexity index is 999. The number of nitrogens with one attached hydrogen (secondary N) is 2. The number of nitriles is 1. The van der Waals surface area contributed by atoms with E-state index >= 15 is 0 Å². The number of carbonyl (C=O) groups excluding carboxylic acids is 2. The molecule has 0 aromatic carbocycles. The Kier molecular flexibility index (Phi) is 6.70. The molecule has 3 heterocycles. The molecule has 2 unspecified atom stereocenters. The lowest BCUT2D eigenvalue weighted by atomic mass is 9.94. The smallest absolute Gasteiger partial charge is 0.407 e. The van der Waals surface area contributed by atoms with Crippen LogP contribution < -0.4 is 10.6 Å². The Labute approximate surface area is 183 Å². The Morgan fingerprint density at radius 1 is 1.39 bits per heavy atom. The third kappa shape index (κ3) is 5.34. The first-order chi connectivity index (χ1) is 15.1. The fraction of sp³-hybridized carbons (Fsp3) is 0.409. The van der Waals surface area contributed by atoms with Gasteiger partial charge < -0.3 is 24.5 Å². The molecule has 1 fully saturated rings. The van der Waals surface area contributed by atoms with E-state index in [1.807, 2.05) is 0 Å². The van der Waals surface area contributed by atoms with E-state index in [0.717, 1.165) is 35.5 Å². The molecule has 2 aromatic rings. The van der Waals surface area contributed by atoms with E-state index in [9.17, 15) is 14.9 Å². The van der Waals surface area contributed by atoms with Gasteiger partial charge in [-0.05, 0) is 43.4 Å². The molecule has 0 spiro atoms. The molecular formula is C22H23N3O5S. The second kappa shape index (κ2) is 9.81. The predicted molar refractivity (Wildman–Crippen MR) is 115 cm³/mol. The van der Waals surface area contributed by atoms with Gasteiger partial charge in [-0.1, -0.05) is 0 Å². The zero-order valence-corrected chi connectivity index (χ0v) is 17.7. The number of carbonyl (C=O) groups is 2. The lowest BCUT2D eigenvalue weighted by Gasteiger charge is -2.23. The van der Waals surface area contributed by atoms with Crippen LogP contribution in [0, 0.1) is 11.3 Å². The lowest BCUT2D eigenvalue weighted by Crippen LogP contribution is -2.36. The number of amides is 2. The average molecular weight is 442 g/mol. The van der Waals surface area contributed by atoms with Crippen molar-refractivity contribution in [1.29, 1.82) is 5.26 Å². The van der Waals surface area contributed by atoms with Crippen LogP contribution in [0.2, 0.25) is 0 Å². The van der Waals surface area contributed by atoms with Crippen molar-refractivity contribution in [3.05, 3.63) is 46.2 Å². The number of thiophene rings is 1. The fourth-order valence-electron chi connectivity index (χ4n) is 3.75. The van der Waals surface area contributed by atoms with Crippen LogP contribution in [-0.2, 0) is 27.1 Å². The van der Waals surface area contributed by atoms with Crippen molar-refractivity contribution in [2.75, 3.05) is 18.5 Å². The summed E-state index contributed by atoms with van der Waals surface area (Å²) < 4.78 is 16.0. The molecular weight excluding hydrogens is 418 g/mol. The second-order valence-corrected chi connectivity index (χ2v) is 8.59. The van der Waals surface area contributed by atoms with Gasteiger partial charge in [0.15, 0.2) is 0 Å². The van der Waals surface area contributed by atoms with E-state index in [4.69, 9.17) is 13.9 Å². The van der Waals surface area contributed by atoms with Crippen molar-refractivity contribution >= 4 is 34.4 Å². The van der Waals surface area contributed by atoms with Gasteiger partial charge >= 0.3 is 6.09 Å². The van der Waals surface area contributed by atoms with E-state index < -0.39 is 6.09 Å². The van der Waals surface area contributed by atoms with Gasteiger partial charge in [0.2, 0.25) is 5.91 Å². The van der Waals surface area contributed by atoms with E-state index in [2.05, 4.69) is 16.7 Å². The highest BCUT2D eigenvalue weighted by atomic mass is 32.1. The number of hydrogen-bond donors (Lipinski definition) is 2. The maximum Gasteiger partial charge on any atom is 0.407 e. The largest absolute Gasteiger partial charge is 0.472 e. The lowest BCUT2D eigenvalue weighted by molar-refractivity contribution is -0.111. The van der Waals surface area contributed by atoms with Crippen LogP contribution in [0.25, 0.3) is 6.08 Å². The Hall–Kier alpha value is -3.09.